The molecule has 1 aromatic carbocycles. The number of hydrogen-bond acceptors (Lipinski definition) is 3. The molecule has 7 heteroatoms. The molecule has 0 saturated heterocycles. The molecule has 0 radical (unpaired) electrons. The first kappa shape index (κ1) is 18.3. The smallest absolute Gasteiger partial charge is 0.255 e. The molecule has 1 aromatic rings. The van der Waals surface area contributed by atoms with E-state index in [1.807, 2.05) is 0 Å². The Labute approximate surface area is 154 Å². The second kappa shape index (κ2) is 8.73. The molecule has 1 aliphatic carbocycles. The Morgan fingerprint density at radius 3 is 2.70 bits per heavy atom. The molecule has 2 N–H and O–H groups in total. The molecule has 1 aliphatic rings. The second-order valence-corrected chi connectivity index (χ2v) is 7.09. The van der Waals surface area contributed by atoms with Gasteiger partial charge in [-0.05, 0) is 47.6 Å². The Hall–Kier alpha value is -1.02. The Morgan fingerprint density at radius 2 is 2.04 bits per heavy atom. The van der Waals surface area contributed by atoms with Gasteiger partial charge in [-0.25, -0.2) is 0 Å². The van der Waals surface area contributed by atoms with Gasteiger partial charge < -0.3 is 15.4 Å². The Kier molecular flexibility index (Phi) is 6.95. The number of rotatable bonds is 6. The van der Waals surface area contributed by atoms with Crippen LogP contribution in [0.1, 0.15) is 42.5 Å². The van der Waals surface area contributed by atoms with Crippen molar-refractivity contribution in [2.45, 2.75) is 38.1 Å². The molecule has 23 heavy (non-hydrogen) atoms. The highest BCUT2D eigenvalue weighted by molar-refractivity contribution is 14.1. The largest absolute Gasteiger partial charge is 0.496 e. The van der Waals surface area contributed by atoms with Gasteiger partial charge in [-0.2, -0.15) is 0 Å². The van der Waals surface area contributed by atoms with Gasteiger partial charge in [-0.15, -0.1) is 0 Å². The summed E-state index contributed by atoms with van der Waals surface area (Å²) >= 11 is 8.14. The molecule has 0 aliphatic heterocycles. The van der Waals surface area contributed by atoms with Crippen molar-refractivity contribution in [1.29, 1.82) is 0 Å². The molecule has 0 spiro atoms. The third-order valence-corrected chi connectivity index (χ3v) is 5.37. The third kappa shape index (κ3) is 5.24. The summed E-state index contributed by atoms with van der Waals surface area (Å²) in [6, 6.07) is 3.59. The van der Waals surface area contributed by atoms with E-state index in [9.17, 15) is 9.59 Å². The lowest BCUT2D eigenvalue weighted by atomic mass is 10.2. The van der Waals surface area contributed by atoms with Gasteiger partial charge in [0, 0.05) is 22.6 Å². The van der Waals surface area contributed by atoms with E-state index < -0.39 is 0 Å². The van der Waals surface area contributed by atoms with Crippen LogP contribution in [-0.2, 0) is 4.79 Å². The van der Waals surface area contributed by atoms with Crippen LogP contribution >= 0.6 is 34.2 Å². The van der Waals surface area contributed by atoms with Gasteiger partial charge >= 0.3 is 0 Å². The van der Waals surface area contributed by atoms with Crippen LogP contribution < -0.4 is 15.4 Å². The Morgan fingerprint density at radius 1 is 1.35 bits per heavy atom. The van der Waals surface area contributed by atoms with Crippen LogP contribution in [0.5, 0.6) is 5.75 Å². The lowest BCUT2D eigenvalue weighted by Gasteiger charge is -2.13. The predicted octanol–water partition coefficient (Wildman–Crippen LogP) is 3.13. The van der Waals surface area contributed by atoms with E-state index in [0.29, 0.717) is 22.4 Å². The van der Waals surface area contributed by atoms with E-state index in [4.69, 9.17) is 16.3 Å². The molecule has 126 valence electrons. The number of carbonyl (C=O) groups excluding carboxylic acids is 2. The van der Waals surface area contributed by atoms with E-state index in [0.717, 1.165) is 16.4 Å². The fraction of sp³-hybridized carbons (Fsp3) is 0.500. The van der Waals surface area contributed by atoms with E-state index >= 15 is 0 Å². The van der Waals surface area contributed by atoms with Crippen LogP contribution in [0, 0.1) is 3.57 Å². The summed E-state index contributed by atoms with van der Waals surface area (Å²) < 4.78 is 6.03. The van der Waals surface area contributed by atoms with Gasteiger partial charge in [0.15, 0.2) is 0 Å². The van der Waals surface area contributed by atoms with Gasteiger partial charge in [0.2, 0.25) is 5.91 Å². The Balaban J connectivity index is 1.84. The van der Waals surface area contributed by atoms with Crippen LogP contribution in [0.25, 0.3) is 0 Å². The molecule has 0 heterocycles. The summed E-state index contributed by atoms with van der Waals surface area (Å²) in [4.78, 5) is 24.1. The van der Waals surface area contributed by atoms with Crippen molar-refractivity contribution in [2.75, 3.05) is 13.7 Å². The maximum Gasteiger partial charge on any atom is 0.255 e. The molecule has 2 amide bonds. The van der Waals surface area contributed by atoms with Crippen LogP contribution in [0.15, 0.2) is 12.1 Å². The molecule has 1 saturated carbocycles. The van der Waals surface area contributed by atoms with Gasteiger partial charge in [0.1, 0.15) is 5.75 Å². The number of amides is 2. The van der Waals surface area contributed by atoms with E-state index in [2.05, 4.69) is 33.2 Å². The maximum absolute atomic E-state index is 12.2. The highest BCUT2D eigenvalue weighted by Crippen LogP contribution is 2.28. The van der Waals surface area contributed by atoms with Crippen molar-refractivity contribution in [3.05, 3.63) is 26.3 Å². The fourth-order valence-electron chi connectivity index (χ4n) is 2.63. The van der Waals surface area contributed by atoms with Crippen molar-refractivity contribution in [3.63, 3.8) is 0 Å². The number of halogens is 2. The van der Waals surface area contributed by atoms with E-state index in [-0.39, 0.29) is 24.8 Å². The van der Waals surface area contributed by atoms with Crippen molar-refractivity contribution >= 4 is 46.0 Å². The van der Waals surface area contributed by atoms with Crippen molar-refractivity contribution < 1.29 is 14.3 Å². The number of methoxy groups -OCH3 is 1. The second-order valence-electron chi connectivity index (χ2n) is 5.52. The number of ether oxygens (including phenoxy) is 1. The number of hydrogen-bond donors (Lipinski definition) is 2. The summed E-state index contributed by atoms with van der Waals surface area (Å²) in [6.45, 7) is 0.282. The minimum atomic E-state index is -0.297. The molecular formula is C16H20ClIN2O3. The highest BCUT2D eigenvalue weighted by atomic mass is 127. The predicted molar refractivity (Wildman–Crippen MR) is 98.1 cm³/mol. The van der Waals surface area contributed by atoms with Crippen molar-refractivity contribution in [1.82, 2.24) is 10.6 Å². The van der Waals surface area contributed by atoms with Crippen molar-refractivity contribution in [2.24, 2.45) is 0 Å². The average molecular weight is 451 g/mol. The van der Waals surface area contributed by atoms with Crippen LogP contribution in [-0.4, -0.2) is 31.5 Å². The van der Waals surface area contributed by atoms with Crippen LogP contribution in [0.2, 0.25) is 5.02 Å². The van der Waals surface area contributed by atoms with Gasteiger partial charge in [-0.3, -0.25) is 9.59 Å². The summed E-state index contributed by atoms with van der Waals surface area (Å²) in [5.74, 6) is 0.144. The third-order valence-electron chi connectivity index (χ3n) is 3.84. The van der Waals surface area contributed by atoms with Crippen LogP contribution in [0.4, 0.5) is 0 Å². The maximum atomic E-state index is 12.2. The standard InChI is InChI=1S/C16H20ClIN2O3/c1-23-14-9-13(18)12(17)8-11(14)16(22)19-7-6-15(21)20-10-4-2-3-5-10/h8-10H,2-7H2,1H3,(H,19,22)(H,20,21). The van der Waals surface area contributed by atoms with Gasteiger partial charge in [0.25, 0.3) is 5.91 Å². The SMILES string of the molecule is COc1cc(I)c(Cl)cc1C(=O)NCCC(=O)NC1CCCC1. The minimum Gasteiger partial charge on any atom is -0.496 e. The molecule has 0 bridgehead atoms. The lowest BCUT2D eigenvalue weighted by molar-refractivity contribution is -0.121. The van der Waals surface area contributed by atoms with E-state index in [1.165, 1.54) is 20.0 Å². The number of carbonyl (C=O) groups is 2. The van der Waals surface area contributed by atoms with Gasteiger partial charge in [-0.1, -0.05) is 24.4 Å². The minimum absolute atomic E-state index is 0.0233. The summed E-state index contributed by atoms with van der Waals surface area (Å²) in [6.07, 6.45) is 4.72. The molecule has 0 atom stereocenters. The first-order valence-corrected chi connectivity index (χ1v) is 9.07. The Bertz CT molecular complexity index is 589. The lowest BCUT2D eigenvalue weighted by Crippen LogP contribution is -2.35. The normalized spacial score (nSPS) is 14.6. The monoisotopic (exact) mass is 450 g/mol. The topological polar surface area (TPSA) is 67.4 Å². The zero-order valence-corrected chi connectivity index (χ0v) is 15.9. The molecule has 5 nitrogen and oxygen atoms in total. The van der Waals surface area contributed by atoms with E-state index in [1.54, 1.807) is 12.1 Å². The van der Waals surface area contributed by atoms with Crippen LogP contribution in [0.3, 0.4) is 0 Å². The quantitative estimate of drug-likeness (QED) is 0.655. The number of benzene rings is 1. The first-order chi connectivity index (χ1) is 11.0. The summed E-state index contributed by atoms with van der Waals surface area (Å²) in [5, 5.41) is 6.23. The zero-order chi connectivity index (χ0) is 16.8. The highest BCUT2D eigenvalue weighted by Gasteiger charge is 2.18. The fourth-order valence-corrected chi connectivity index (χ4v) is 3.23. The number of nitrogens with one attached hydrogen (secondary N) is 2. The molecule has 2 rings (SSSR count). The first-order valence-electron chi connectivity index (χ1n) is 7.62. The van der Waals surface area contributed by atoms with Gasteiger partial charge in [0.05, 0.1) is 17.7 Å². The summed E-state index contributed by atoms with van der Waals surface area (Å²) in [7, 11) is 1.51. The molecule has 0 aromatic heterocycles. The average Bonchev–Trinajstić information content (AvgIpc) is 3.02. The zero-order valence-electron chi connectivity index (χ0n) is 13.0. The van der Waals surface area contributed by atoms with Crippen molar-refractivity contribution in [3.8, 4) is 5.75 Å². The molecule has 0 unspecified atom stereocenters. The molecule has 1 fully saturated rings. The summed E-state index contributed by atoms with van der Waals surface area (Å²) in [5.41, 5.74) is 0.370. The molecular weight excluding hydrogens is 431 g/mol.